The molecule has 2 N–H and O–H groups in total. The third-order valence-electron chi connectivity index (χ3n) is 1.97. The van der Waals surface area contributed by atoms with Crippen LogP contribution in [0.25, 0.3) is 0 Å². The summed E-state index contributed by atoms with van der Waals surface area (Å²) in [5.74, 6) is -0.129. The van der Waals surface area contributed by atoms with Crippen molar-refractivity contribution >= 4 is 33.2 Å². The summed E-state index contributed by atoms with van der Waals surface area (Å²) in [5, 5.41) is 16.3. The third-order valence-corrected chi connectivity index (χ3v) is 2.46. The Morgan fingerprint density at radius 3 is 2.76 bits per heavy atom. The van der Waals surface area contributed by atoms with E-state index in [0.717, 1.165) is 4.47 Å². The predicted molar refractivity (Wildman–Crippen MR) is 68.0 cm³/mol. The molecule has 1 amide bonds. The van der Waals surface area contributed by atoms with Crippen molar-refractivity contribution in [3.8, 4) is 0 Å². The second kappa shape index (κ2) is 6.19. The van der Waals surface area contributed by atoms with Gasteiger partial charge in [0.2, 0.25) is 5.91 Å². The quantitative estimate of drug-likeness (QED) is 0.494. The lowest BCUT2D eigenvalue weighted by Crippen LogP contribution is -2.26. The Morgan fingerprint density at radius 2 is 2.18 bits per heavy atom. The number of nitro benzene ring substituents is 1. The molecule has 0 saturated carbocycles. The largest absolute Gasteiger partial charge is 0.378 e. The average Bonchev–Trinajstić information content (AvgIpc) is 2.23. The van der Waals surface area contributed by atoms with E-state index < -0.39 is 4.92 Å². The number of carbonyl (C=O) groups excluding carboxylic acids is 1. The van der Waals surface area contributed by atoms with E-state index in [2.05, 4.69) is 26.6 Å². The maximum atomic E-state index is 10.8. The van der Waals surface area contributed by atoms with E-state index in [9.17, 15) is 14.9 Å². The molecule has 0 atom stereocenters. The molecule has 1 aromatic rings. The van der Waals surface area contributed by atoms with Crippen molar-refractivity contribution in [3.63, 3.8) is 0 Å². The van der Waals surface area contributed by atoms with Crippen LogP contribution in [0.3, 0.4) is 0 Å². The average molecular weight is 302 g/mol. The predicted octanol–water partition coefficient (Wildman–Crippen LogP) is 1.91. The van der Waals surface area contributed by atoms with Gasteiger partial charge in [0.15, 0.2) is 0 Å². The smallest absolute Gasteiger partial charge is 0.292 e. The molecule has 0 bridgehead atoms. The van der Waals surface area contributed by atoms with E-state index in [1.807, 2.05) is 0 Å². The van der Waals surface area contributed by atoms with Crippen molar-refractivity contribution in [2.75, 3.05) is 18.4 Å². The number of benzene rings is 1. The highest BCUT2D eigenvalue weighted by molar-refractivity contribution is 9.10. The number of nitrogens with one attached hydrogen (secondary N) is 2. The van der Waals surface area contributed by atoms with Gasteiger partial charge in [-0.2, -0.15) is 0 Å². The van der Waals surface area contributed by atoms with Crippen LogP contribution >= 0.6 is 15.9 Å². The van der Waals surface area contributed by atoms with Crippen molar-refractivity contribution in [1.29, 1.82) is 0 Å². The fraction of sp³-hybridized carbons (Fsp3) is 0.300. The zero-order chi connectivity index (χ0) is 12.8. The van der Waals surface area contributed by atoms with Gasteiger partial charge in [-0.3, -0.25) is 14.9 Å². The van der Waals surface area contributed by atoms with Gasteiger partial charge in [-0.05, 0) is 12.1 Å². The summed E-state index contributed by atoms with van der Waals surface area (Å²) in [5.41, 5.74) is 0.436. The fourth-order valence-electron chi connectivity index (χ4n) is 1.24. The topological polar surface area (TPSA) is 84.3 Å². The summed E-state index contributed by atoms with van der Waals surface area (Å²) in [4.78, 5) is 20.9. The van der Waals surface area contributed by atoms with Crippen molar-refractivity contribution in [2.24, 2.45) is 0 Å². The van der Waals surface area contributed by atoms with Gasteiger partial charge in [0.1, 0.15) is 5.69 Å². The highest BCUT2D eigenvalue weighted by Crippen LogP contribution is 2.27. The number of rotatable bonds is 5. The molecule has 0 spiro atoms. The first-order valence-corrected chi connectivity index (χ1v) is 5.72. The Hall–Kier alpha value is -1.63. The summed E-state index contributed by atoms with van der Waals surface area (Å²) in [6, 6.07) is 4.66. The summed E-state index contributed by atoms with van der Waals surface area (Å²) < 4.78 is 0.755. The highest BCUT2D eigenvalue weighted by atomic mass is 79.9. The maximum Gasteiger partial charge on any atom is 0.292 e. The van der Waals surface area contributed by atoms with E-state index in [1.54, 1.807) is 12.1 Å². The van der Waals surface area contributed by atoms with E-state index in [-0.39, 0.29) is 11.6 Å². The van der Waals surface area contributed by atoms with Crippen molar-refractivity contribution in [3.05, 3.63) is 32.8 Å². The number of hydrogen-bond acceptors (Lipinski definition) is 4. The van der Waals surface area contributed by atoms with Crippen molar-refractivity contribution in [1.82, 2.24) is 5.32 Å². The molecule has 92 valence electrons. The van der Waals surface area contributed by atoms with Crippen LogP contribution in [0.2, 0.25) is 0 Å². The molecule has 7 heteroatoms. The first kappa shape index (κ1) is 13.4. The van der Waals surface area contributed by atoms with Crippen LogP contribution in [0.1, 0.15) is 6.92 Å². The van der Waals surface area contributed by atoms with E-state index in [1.165, 1.54) is 13.0 Å². The van der Waals surface area contributed by atoms with Crippen molar-refractivity contribution in [2.45, 2.75) is 6.92 Å². The number of carbonyl (C=O) groups is 1. The second-order valence-corrected chi connectivity index (χ2v) is 4.24. The van der Waals surface area contributed by atoms with Gasteiger partial charge in [-0.1, -0.05) is 15.9 Å². The normalized spacial score (nSPS) is 9.76. The SMILES string of the molecule is CC(=O)NCCNc1cc(Br)ccc1[N+](=O)[O-]. The minimum atomic E-state index is -0.451. The molecule has 0 aliphatic heterocycles. The van der Waals surface area contributed by atoms with Crippen molar-refractivity contribution < 1.29 is 9.72 Å². The molecule has 0 radical (unpaired) electrons. The Labute approximate surface area is 107 Å². The number of anilines is 1. The van der Waals surface area contributed by atoms with E-state index >= 15 is 0 Å². The van der Waals surface area contributed by atoms with Gasteiger partial charge in [-0.15, -0.1) is 0 Å². The number of halogens is 1. The molecule has 0 fully saturated rings. The molecule has 17 heavy (non-hydrogen) atoms. The Kier molecular flexibility index (Phi) is 4.89. The molecule has 0 aliphatic carbocycles. The lowest BCUT2D eigenvalue weighted by molar-refractivity contribution is -0.384. The first-order valence-electron chi connectivity index (χ1n) is 4.93. The third kappa shape index (κ3) is 4.39. The summed E-state index contributed by atoms with van der Waals surface area (Å²) in [6.45, 7) is 2.26. The molecular weight excluding hydrogens is 290 g/mol. The zero-order valence-electron chi connectivity index (χ0n) is 9.20. The van der Waals surface area contributed by atoms with Gasteiger partial charge in [-0.25, -0.2) is 0 Å². The van der Waals surface area contributed by atoms with Gasteiger partial charge in [0.25, 0.3) is 5.69 Å². The molecule has 0 saturated heterocycles. The van der Waals surface area contributed by atoms with Gasteiger partial charge in [0.05, 0.1) is 4.92 Å². The summed E-state index contributed by atoms with van der Waals surface area (Å²) in [7, 11) is 0. The molecule has 0 aromatic heterocycles. The Bertz CT molecular complexity index is 437. The maximum absolute atomic E-state index is 10.8. The molecule has 0 heterocycles. The number of nitro groups is 1. The van der Waals surface area contributed by atoms with Crippen LogP contribution in [-0.4, -0.2) is 23.9 Å². The van der Waals surface area contributed by atoms with Crippen LogP contribution in [-0.2, 0) is 4.79 Å². The van der Waals surface area contributed by atoms with Crippen LogP contribution in [0, 0.1) is 10.1 Å². The van der Waals surface area contributed by atoms with Gasteiger partial charge in [0, 0.05) is 30.6 Å². The Morgan fingerprint density at radius 1 is 1.47 bits per heavy atom. The first-order chi connectivity index (χ1) is 8.00. The molecule has 1 aromatic carbocycles. The number of amides is 1. The molecule has 6 nitrogen and oxygen atoms in total. The fourth-order valence-corrected chi connectivity index (χ4v) is 1.61. The molecular formula is C10H12BrN3O3. The second-order valence-electron chi connectivity index (χ2n) is 3.33. The van der Waals surface area contributed by atoms with Crippen LogP contribution in [0.5, 0.6) is 0 Å². The van der Waals surface area contributed by atoms with E-state index in [4.69, 9.17) is 0 Å². The summed E-state index contributed by atoms with van der Waals surface area (Å²) >= 11 is 3.25. The number of nitrogens with zero attached hydrogens (tertiary/aromatic N) is 1. The molecule has 0 aliphatic rings. The monoisotopic (exact) mass is 301 g/mol. The molecule has 0 unspecified atom stereocenters. The van der Waals surface area contributed by atoms with Gasteiger partial charge >= 0.3 is 0 Å². The van der Waals surface area contributed by atoms with Crippen LogP contribution < -0.4 is 10.6 Å². The summed E-state index contributed by atoms with van der Waals surface area (Å²) in [6.07, 6.45) is 0. The zero-order valence-corrected chi connectivity index (χ0v) is 10.8. The number of hydrogen-bond donors (Lipinski definition) is 2. The Balaban J connectivity index is 2.65. The lowest BCUT2D eigenvalue weighted by Gasteiger charge is -2.07. The minimum Gasteiger partial charge on any atom is -0.378 e. The lowest BCUT2D eigenvalue weighted by atomic mass is 10.2. The van der Waals surface area contributed by atoms with Gasteiger partial charge < -0.3 is 10.6 Å². The van der Waals surface area contributed by atoms with Crippen LogP contribution in [0.4, 0.5) is 11.4 Å². The highest BCUT2D eigenvalue weighted by Gasteiger charge is 2.12. The minimum absolute atomic E-state index is 0.0102. The van der Waals surface area contributed by atoms with E-state index in [0.29, 0.717) is 18.8 Å². The molecule has 1 rings (SSSR count). The standard InChI is InChI=1S/C10H12BrN3O3/c1-7(15)12-4-5-13-9-6-8(11)2-3-10(9)14(16)17/h2-3,6,13H,4-5H2,1H3,(H,12,15). The van der Waals surface area contributed by atoms with Crippen LogP contribution in [0.15, 0.2) is 22.7 Å².